The quantitative estimate of drug-likeness (QED) is 0.750. The molecule has 0 radical (unpaired) electrons. The Morgan fingerprint density at radius 1 is 1.30 bits per heavy atom. The molecule has 0 saturated heterocycles. The van der Waals surface area contributed by atoms with Crippen molar-refractivity contribution < 1.29 is 14.7 Å². The molecule has 0 fully saturated rings. The predicted octanol–water partition coefficient (Wildman–Crippen LogP) is 2.44. The van der Waals surface area contributed by atoms with E-state index in [0.717, 1.165) is 35.4 Å². The fourth-order valence-electron chi connectivity index (χ4n) is 3.50. The number of para-hydroxylation sites is 1. The van der Waals surface area contributed by atoms with Crippen LogP contribution < -0.4 is 10.5 Å². The third kappa shape index (κ3) is 2.91. The number of thiophene rings is 1. The van der Waals surface area contributed by atoms with Crippen LogP contribution >= 0.6 is 11.3 Å². The van der Waals surface area contributed by atoms with Crippen molar-refractivity contribution in [1.29, 1.82) is 0 Å². The van der Waals surface area contributed by atoms with Crippen molar-refractivity contribution in [2.45, 2.75) is 26.3 Å². The second-order valence-electron chi connectivity index (χ2n) is 6.50. The van der Waals surface area contributed by atoms with E-state index in [2.05, 4.69) is 4.98 Å². The number of anilines is 1. The van der Waals surface area contributed by atoms with Gasteiger partial charge in [0.25, 0.3) is 5.56 Å². The Morgan fingerprint density at radius 2 is 2.07 bits per heavy atom. The maximum atomic E-state index is 12.9. The number of aryl methyl sites for hydroxylation is 2. The molecule has 0 spiro atoms. The number of hydrogen-bond donors (Lipinski definition) is 1. The molecule has 0 bridgehead atoms. The van der Waals surface area contributed by atoms with Crippen LogP contribution in [-0.2, 0) is 17.8 Å². The Balaban J connectivity index is 1.69. The Morgan fingerprint density at radius 3 is 2.85 bits per heavy atom. The average molecular weight is 383 g/mol. The van der Waals surface area contributed by atoms with Crippen molar-refractivity contribution in [3.63, 3.8) is 0 Å². The molecule has 3 heterocycles. The number of aromatic nitrogens is 2. The number of carboxylic acids is 1. The molecule has 0 aliphatic carbocycles. The van der Waals surface area contributed by atoms with E-state index in [1.54, 1.807) is 11.8 Å². The van der Waals surface area contributed by atoms with Crippen molar-refractivity contribution in [2.24, 2.45) is 0 Å². The Labute approximate surface area is 158 Å². The monoisotopic (exact) mass is 383 g/mol. The first-order valence-electron chi connectivity index (χ1n) is 8.57. The summed E-state index contributed by atoms with van der Waals surface area (Å²) >= 11 is 0.973. The van der Waals surface area contributed by atoms with Gasteiger partial charge in [-0.25, -0.2) is 9.78 Å². The molecule has 1 aliphatic rings. The van der Waals surface area contributed by atoms with Crippen LogP contribution in [0.25, 0.3) is 10.2 Å². The molecule has 1 N–H and O–H groups in total. The van der Waals surface area contributed by atoms with Gasteiger partial charge in [-0.1, -0.05) is 18.2 Å². The maximum absolute atomic E-state index is 12.9. The van der Waals surface area contributed by atoms with Gasteiger partial charge in [-0.05, 0) is 37.0 Å². The summed E-state index contributed by atoms with van der Waals surface area (Å²) in [6, 6.07) is 7.77. The summed E-state index contributed by atoms with van der Waals surface area (Å²) in [5.74, 6) is -1.26. The topological polar surface area (TPSA) is 92.5 Å². The van der Waals surface area contributed by atoms with Crippen molar-refractivity contribution >= 4 is 39.1 Å². The maximum Gasteiger partial charge on any atom is 0.346 e. The Kier molecular flexibility index (Phi) is 4.27. The van der Waals surface area contributed by atoms with Gasteiger partial charge in [0, 0.05) is 12.2 Å². The van der Waals surface area contributed by atoms with Gasteiger partial charge >= 0.3 is 5.97 Å². The van der Waals surface area contributed by atoms with Crippen LogP contribution in [0.5, 0.6) is 0 Å². The van der Waals surface area contributed by atoms with Crippen LogP contribution in [0.3, 0.4) is 0 Å². The number of fused-ring (bicyclic) bond motifs is 2. The minimum absolute atomic E-state index is 0.101. The molecule has 1 amide bonds. The third-order valence-electron chi connectivity index (χ3n) is 4.83. The van der Waals surface area contributed by atoms with E-state index in [0.29, 0.717) is 16.9 Å². The van der Waals surface area contributed by atoms with Crippen molar-refractivity contribution in [1.82, 2.24) is 9.55 Å². The molecule has 2 aromatic heterocycles. The highest BCUT2D eigenvalue weighted by molar-refractivity contribution is 7.20. The summed E-state index contributed by atoms with van der Waals surface area (Å²) in [6.45, 7) is 2.08. The summed E-state index contributed by atoms with van der Waals surface area (Å²) in [5, 5.41) is 9.52. The number of amides is 1. The number of carboxylic acid groups (broad SMARTS) is 1. The molecular formula is C19H17N3O4S. The first-order valence-corrected chi connectivity index (χ1v) is 9.39. The second-order valence-corrected chi connectivity index (χ2v) is 7.50. The highest BCUT2D eigenvalue weighted by Gasteiger charge is 2.24. The van der Waals surface area contributed by atoms with Gasteiger partial charge in [0.1, 0.15) is 16.3 Å². The van der Waals surface area contributed by atoms with E-state index in [-0.39, 0.29) is 28.3 Å². The zero-order valence-electron chi connectivity index (χ0n) is 14.6. The molecule has 8 heteroatoms. The largest absolute Gasteiger partial charge is 0.477 e. The van der Waals surface area contributed by atoms with Crippen LogP contribution in [0.15, 0.2) is 35.4 Å². The van der Waals surface area contributed by atoms with Crippen molar-refractivity contribution in [3.8, 4) is 0 Å². The van der Waals surface area contributed by atoms with Gasteiger partial charge in [0.15, 0.2) is 0 Å². The summed E-state index contributed by atoms with van der Waals surface area (Å²) in [6.07, 6.45) is 3.13. The molecule has 1 aliphatic heterocycles. The number of nitrogens with zero attached hydrogens (tertiary/aromatic N) is 3. The molecule has 4 rings (SSSR count). The first kappa shape index (κ1) is 17.4. The number of hydrogen-bond acceptors (Lipinski definition) is 5. The molecule has 0 unspecified atom stereocenters. The normalized spacial score (nSPS) is 13.6. The molecular weight excluding hydrogens is 366 g/mol. The summed E-state index contributed by atoms with van der Waals surface area (Å²) in [4.78, 5) is 43.4. The van der Waals surface area contributed by atoms with Gasteiger partial charge in [-0.2, -0.15) is 0 Å². The van der Waals surface area contributed by atoms with Crippen LogP contribution in [0.2, 0.25) is 0 Å². The van der Waals surface area contributed by atoms with E-state index in [9.17, 15) is 19.5 Å². The van der Waals surface area contributed by atoms with Gasteiger partial charge in [-0.15, -0.1) is 11.3 Å². The molecule has 7 nitrogen and oxygen atoms in total. The van der Waals surface area contributed by atoms with Crippen LogP contribution in [0.1, 0.15) is 27.2 Å². The van der Waals surface area contributed by atoms with Crippen LogP contribution in [-0.4, -0.2) is 33.1 Å². The van der Waals surface area contributed by atoms with Crippen molar-refractivity contribution in [2.75, 3.05) is 11.4 Å². The lowest BCUT2D eigenvalue weighted by atomic mass is 10.0. The predicted molar refractivity (Wildman–Crippen MR) is 103 cm³/mol. The van der Waals surface area contributed by atoms with Gasteiger partial charge < -0.3 is 10.0 Å². The average Bonchev–Trinajstić information content (AvgIpc) is 3.01. The summed E-state index contributed by atoms with van der Waals surface area (Å²) in [7, 11) is 0. The van der Waals surface area contributed by atoms with Crippen molar-refractivity contribution in [3.05, 3.63) is 57.0 Å². The molecule has 1 aromatic carbocycles. The fraction of sp³-hybridized carbons (Fsp3) is 0.263. The number of aromatic carboxylic acids is 1. The van der Waals surface area contributed by atoms with Gasteiger partial charge in [0.2, 0.25) is 5.91 Å². The van der Waals surface area contributed by atoms with E-state index < -0.39 is 5.97 Å². The fourth-order valence-corrected chi connectivity index (χ4v) is 4.48. The summed E-state index contributed by atoms with van der Waals surface area (Å²) < 4.78 is 1.26. The minimum atomic E-state index is -1.08. The van der Waals surface area contributed by atoms with Gasteiger partial charge in [-0.3, -0.25) is 14.2 Å². The molecule has 0 saturated carbocycles. The zero-order valence-corrected chi connectivity index (χ0v) is 15.5. The van der Waals surface area contributed by atoms with E-state index in [4.69, 9.17) is 0 Å². The van der Waals surface area contributed by atoms with Crippen LogP contribution in [0, 0.1) is 6.92 Å². The number of rotatable bonds is 3. The number of carbonyl (C=O) groups excluding carboxylic acids is 1. The third-order valence-corrected chi connectivity index (χ3v) is 6.02. The second kappa shape index (κ2) is 6.62. The lowest BCUT2D eigenvalue weighted by Crippen LogP contribution is -2.39. The van der Waals surface area contributed by atoms with Crippen LogP contribution in [0.4, 0.5) is 5.69 Å². The molecule has 138 valence electrons. The minimum Gasteiger partial charge on any atom is -0.477 e. The van der Waals surface area contributed by atoms with E-state index in [1.807, 2.05) is 24.3 Å². The molecule has 27 heavy (non-hydrogen) atoms. The Bertz CT molecular complexity index is 1130. The SMILES string of the molecule is Cc1c(C(=O)O)sc2ncn(CC(=O)N3CCCc4ccccc43)c(=O)c12. The number of benzene rings is 1. The van der Waals surface area contributed by atoms with Gasteiger partial charge in [0.05, 0.1) is 11.7 Å². The lowest BCUT2D eigenvalue weighted by Gasteiger charge is -2.29. The molecule has 0 atom stereocenters. The number of carbonyl (C=O) groups is 2. The standard InChI is InChI=1S/C19H17N3O4S/c1-11-15-17(27-16(11)19(25)26)20-10-21(18(15)24)9-14(23)22-8-4-6-12-5-2-3-7-13(12)22/h2-3,5,7,10H,4,6,8-9H2,1H3,(H,25,26). The van der Waals surface area contributed by atoms with E-state index >= 15 is 0 Å². The lowest BCUT2D eigenvalue weighted by molar-refractivity contribution is -0.119. The van der Waals surface area contributed by atoms with E-state index in [1.165, 1.54) is 10.9 Å². The summed E-state index contributed by atoms with van der Waals surface area (Å²) in [5.41, 5.74) is 2.01. The Hall–Kier alpha value is -3.00. The first-order chi connectivity index (χ1) is 13.0. The molecule has 3 aromatic rings. The zero-order chi connectivity index (χ0) is 19.1. The highest BCUT2D eigenvalue weighted by Crippen LogP contribution is 2.28. The highest BCUT2D eigenvalue weighted by atomic mass is 32.1. The smallest absolute Gasteiger partial charge is 0.346 e.